The lowest BCUT2D eigenvalue weighted by Crippen LogP contribution is -2.39. The third-order valence-electron chi connectivity index (χ3n) is 5.93. The molecule has 2 aliphatic heterocycles. The molecule has 2 aliphatic rings. The number of hydrogen-bond acceptors (Lipinski definition) is 3. The fourth-order valence-electron chi connectivity index (χ4n) is 4.34. The van der Waals surface area contributed by atoms with Crippen molar-refractivity contribution in [2.45, 2.75) is 25.9 Å². The molecule has 0 radical (unpaired) electrons. The lowest BCUT2D eigenvalue weighted by atomic mass is 10.1. The van der Waals surface area contributed by atoms with E-state index in [4.69, 9.17) is 0 Å². The van der Waals surface area contributed by atoms with E-state index in [2.05, 4.69) is 29.2 Å². The van der Waals surface area contributed by atoms with E-state index in [0.717, 1.165) is 44.7 Å². The average molecular weight is 392 g/mol. The van der Waals surface area contributed by atoms with Gasteiger partial charge in [0, 0.05) is 52.2 Å². The number of rotatable bonds is 5. The van der Waals surface area contributed by atoms with E-state index in [1.54, 1.807) is 0 Å². The number of benzene rings is 2. The van der Waals surface area contributed by atoms with Crippen molar-refractivity contribution in [2.24, 2.45) is 5.92 Å². The molecule has 0 N–H and O–H groups in total. The van der Waals surface area contributed by atoms with Crippen LogP contribution in [0.1, 0.15) is 24.0 Å². The van der Waals surface area contributed by atoms with Gasteiger partial charge in [-0.25, -0.2) is 0 Å². The summed E-state index contributed by atoms with van der Waals surface area (Å²) in [5, 5.41) is 0. The maximum atomic E-state index is 13.1. The molecule has 29 heavy (non-hydrogen) atoms. The Bertz CT molecular complexity index is 825. The summed E-state index contributed by atoms with van der Waals surface area (Å²) >= 11 is 0. The number of amides is 2. The van der Waals surface area contributed by atoms with E-state index in [-0.39, 0.29) is 17.7 Å². The van der Waals surface area contributed by atoms with Crippen molar-refractivity contribution in [1.82, 2.24) is 14.7 Å². The largest absolute Gasteiger partial charge is 0.341 e. The van der Waals surface area contributed by atoms with E-state index < -0.39 is 0 Å². The van der Waals surface area contributed by atoms with Gasteiger partial charge >= 0.3 is 0 Å². The Morgan fingerprint density at radius 2 is 1.48 bits per heavy atom. The highest BCUT2D eigenvalue weighted by Gasteiger charge is 2.36. The van der Waals surface area contributed by atoms with Crippen LogP contribution in [0.3, 0.4) is 0 Å². The van der Waals surface area contributed by atoms with Crippen LogP contribution in [0.25, 0.3) is 0 Å². The van der Waals surface area contributed by atoms with Crippen molar-refractivity contribution in [2.75, 3.05) is 32.7 Å². The molecular formula is C24H29N3O2. The normalized spacial score (nSPS) is 20.7. The highest BCUT2D eigenvalue weighted by Crippen LogP contribution is 2.23. The van der Waals surface area contributed by atoms with Gasteiger partial charge in [-0.3, -0.25) is 14.5 Å². The summed E-state index contributed by atoms with van der Waals surface area (Å²) in [5.41, 5.74) is 2.42. The monoisotopic (exact) mass is 391 g/mol. The van der Waals surface area contributed by atoms with Crippen molar-refractivity contribution in [1.29, 1.82) is 0 Å². The third kappa shape index (κ3) is 5.04. The molecule has 0 spiro atoms. The number of likely N-dealkylation sites (tertiary alicyclic amines) is 1. The first kappa shape index (κ1) is 19.6. The summed E-state index contributed by atoms with van der Waals surface area (Å²) in [6.45, 7) is 5.47. The number of carbonyl (C=O) groups is 2. The molecule has 1 atom stereocenters. The summed E-state index contributed by atoms with van der Waals surface area (Å²) in [6, 6.07) is 20.5. The topological polar surface area (TPSA) is 43.9 Å². The van der Waals surface area contributed by atoms with Crippen LogP contribution in [0, 0.1) is 5.92 Å². The van der Waals surface area contributed by atoms with Crippen molar-refractivity contribution in [3.8, 4) is 0 Å². The molecule has 2 aromatic rings. The number of carbonyl (C=O) groups excluding carboxylic acids is 2. The standard InChI is InChI=1S/C24H29N3O2/c28-23-16-22(19-27(23)18-21-10-5-2-6-11-21)24(29)26-13-7-12-25(14-15-26)17-20-8-3-1-4-9-20/h1-6,8-11,22H,7,12-19H2. The minimum absolute atomic E-state index is 0.0905. The van der Waals surface area contributed by atoms with Crippen LogP contribution in [0.5, 0.6) is 0 Å². The van der Waals surface area contributed by atoms with Crippen LogP contribution in [-0.4, -0.2) is 59.2 Å². The molecule has 0 aromatic heterocycles. The van der Waals surface area contributed by atoms with Crippen molar-refractivity contribution in [3.63, 3.8) is 0 Å². The Hall–Kier alpha value is -2.66. The van der Waals surface area contributed by atoms with Gasteiger partial charge in [0.2, 0.25) is 11.8 Å². The van der Waals surface area contributed by atoms with Crippen molar-refractivity contribution < 1.29 is 9.59 Å². The zero-order valence-electron chi connectivity index (χ0n) is 16.9. The minimum Gasteiger partial charge on any atom is -0.341 e. The first-order valence-corrected chi connectivity index (χ1v) is 10.6. The second-order valence-electron chi connectivity index (χ2n) is 8.10. The molecule has 0 aliphatic carbocycles. The second-order valence-corrected chi connectivity index (χ2v) is 8.10. The lowest BCUT2D eigenvalue weighted by Gasteiger charge is -2.24. The maximum Gasteiger partial charge on any atom is 0.228 e. The highest BCUT2D eigenvalue weighted by atomic mass is 16.2. The Kier molecular flexibility index (Phi) is 6.25. The average Bonchev–Trinajstić information content (AvgIpc) is 2.96. The lowest BCUT2D eigenvalue weighted by molar-refractivity contribution is -0.135. The molecule has 0 bridgehead atoms. The van der Waals surface area contributed by atoms with Crippen LogP contribution in [0.2, 0.25) is 0 Å². The van der Waals surface area contributed by atoms with E-state index in [0.29, 0.717) is 19.5 Å². The number of hydrogen-bond donors (Lipinski definition) is 0. The fourth-order valence-corrected chi connectivity index (χ4v) is 4.34. The van der Waals surface area contributed by atoms with Gasteiger partial charge in [0.25, 0.3) is 0 Å². The summed E-state index contributed by atoms with van der Waals surface area (Å²) in [5.74, 6) is 0.0371. The predicted molar refractivity (Wildman–Crippen MR) is 113 cm³/mol. The molecule has 5 nitrogen and oxygen atoms in total. The van der Waals surface area contributed by atoms with Gasteiger partial charge < -0.3 is 9.80 Å². The van der Waals surface area contributed by atoms with Gasteiger partial charge in [-0.15, -0.1) is 0 Å². The Morgan fingerprint density at radius 3 is 2.17 bits per heavy atom. The van der Waals surface area contributed by atoms with Crippen LogP contribution in [0.15, 0.2) is 60.7 Å². The molecule has 2 amide bonds. The first-order valence-electron chi connectivity index (χ1n) is 10.6. The van der Waals surface area contributed by atoms with Crippen LogP contribution < -0.4 is 0 Å². The van der Waals surface area contributed by atoms with Gasteiger partial charge in [0.15, 0.2) is 0 Å². The Morgan fingerprint density at radius 1 is 0.828 bits per heavy atom. The molecule has 2 aromatic carbocycles. The summed E-state index contributed by atoms with van der Waals surface area (Å²) < 4.78 is 0. The zero-order valence-corrected chi connectivity index (χ0v) is 16.9. The molecule has 2 saturated heterocycles. The number of nitrogens with zero attached hydrogens (tertiary/aromatic N) is 3. The molecule has 0 saturated carbocycles. The maximum absolute atomic E-state index is 13.1. The quantitative estimate of drug-likeness (QED) is 0.787. The van der Waals surface area contributed by atoms with E-state index in [9.17, 15) is 9.59 Å². The molecule has 2 heterocycles. The van der Waals surface area contributed by atoms with E-state index in [1.165, 1.54) is 5.56 Å². The van der Waals surface area contributed by atoms with Crippen molar-refractivity contribution >= 4 is 11.8 Å². The van der Waals surface area contributed by atoms with Gasteiger partial charge in [0.1, 0.15) is 0 Å². The molecule has 4 rings (SSSR count). The van der Waals surface area contributed by atoms with Crippen LogP contribution >= 0.6 is 0 Å². The third-order valence-corrected chi connectivity index (χ3v) is 5.93. The zero-order chi connectivity index (χ0) is 20.1. The molecule has 5 heteroatoms. The Balaban J connectivity index is 1.31. The molecule has 2 fully saturated rings. The second kappa shape index (κ2) is 9.23. The Labute approximate surface area is 172 Å². The minimum atomic E-state index is -0.202. The van der Waals surface area contributed by atoms with Crippen LogP contribution in [0.4, 0.5) is 0 Å². The van der Waals surface area contributed by atoms with E-state index >= 15 is 0 Å². The molecular weight excluding hydrogens is 362 g/mol. The first-order chi connectivity index (χ1) is 14.2. The van der Waals surface area contributed by atoms with Crippen molar-refractivity contribution in [3.05, 3.63) is 71.8 Å². The predicted octanol–water partition coefficient (Wildman–Crippen LogP) is 2.77. The van der Waals surface area contributed by atoms with Crippen LogP contribution in [-0.2, 0) is 22.7 Å². The summed E-state index contributed by atoms with van der Waals surface area (Å²) in [6.07, 6.45) is 1.32. The van der Waals surface area contributed by atoms with Gasteiger partial charge in [0.05, 0.1) is 5.92 Å². The molecule has 1 unspecified atom stereocenters. The fraction of sp³-hybridized carbons (Fsp3) is 0.417. The smallest absolute Gasteiger partial charge is 0.228 e. The van der Waals surface area contributed by atoms with Gasteiger partial charge in [-0.2, -0.15) is 0 Å². The molecule has 152 valence electrons. The SMILES string of the molecule is O=C1CC(C(=O)N2CCCN(Cc3ccccc3)CC2)CN1Cc1ccccc1. The van der Waals surface area contributed by atoms with Gasteiger partial charge in [-0.1, -0.05) is 60.7 Å². The van der Waals surface area contributed by atoms with E-state index in [1.807, 2.05) is 46.2 Å². The summed E-state index contributed by atoms with van der Waals surface area (Å²) in [7, 11) is 0. The summed E-state index contributed by atoms with van der Waals surface area (Å²) in [4.78, 5) is 31.8. The van der Waals surface area contributed by atoms with Gasteiger partial charge in [-0.05, 0) is 17.5 Å². The highest BCUT2D eigenvalue weighted by molar-refractivity contribution is 5.89.